The molecule has 4 heteroatoms. The van der Waals surface area contributed by atoms with E-state index in [9.17, 15) is 4.79 Å². The molecule has 1 saturated carbocycles. The van der Waals surface area contributed by atoms with Gasteiger partial charge in [0.15, 0.2) is 0 Å². The summed E-state index contributed by atoms with van der Waals surface area (Å²) in [6, 6.07) is 0. The number of carboxylic acids is 1. The van der Waals surface area contributed by atoms with Crippen LogP contribution in [0.4, 0.5) is 0 Å². The summed E-state index contributed by atoms with van der Waals surface area (Å²) < 4.78 is 0. The van der Waals surface area contributed by atoms with E-state index >= 15 is 0 Å². The quantitative estimate of drug-likeness (QED) is 0.411. The average molecular weight is 197 g/mol. The standard InChI is InChI=1S/C10H15NO3/c1-6(5-11-14)4-7-8(9(12)13)10(7,2)3/h4-5,7-8,14H,1-3H3,(H,12,13). The topological polar surface area (TPSA) is 69.9 Å². The van der Waals surface area contributed by atoms with Gasteiger partial charge in [0, 0.05) is 0 Å². The lowest BCUT2D eigenvalue weighted by atomic mass is 10.1. The number of hydrogen-bond donors (Lipinski definition) is 2. The maximum atomic E-state index is 10.8. The molecule has 2 unspecified atom stereocenters. The van der Waals surface area contributed by atoms with Crippen LogP contribution in [0.25, 0.3) is 0 Å². The number of aliphatic carboxylic acids is 1. The van der Waals surface area contributed by atoms with E-state index in [4.69, 9.17) is 10.3 Å². The zero-order valence-electron chi connectivity index (χ0n) is 8.56. The van der Waals surface area contributed by atoms with E-state index in [2.05, 4.69) is 5.16 Å². The van der Waals surface area contributed by atoms with Crippen molar-refractivity contribution in [2.45, 2.75) is 20.8 Å². The molecular weight excluding hydrogens is 182 g/mol. The van der Waals surface area contributed by atoms with E-state index in [-0.39, 0.29) is 17.3 Å². The first-order valence-electron chi connectivity index (χ1n) is 4.50. The van der Waals surface area contributed by atoms with E-state index in [1.54, 1.807) is 6.92 Å². The fourth-order valence-corrected chi connectivity index (χ4v) is 1.88. The van der Waals surface area contributed by atoms with Gasteiger partial charge in [-0.25, -0.2) is 0 Å². The minimum absolute atomic E-state index is 0.0398. The van der Waals surface area contributed by atoms with Crippen LogP contribution in [-0.2, 0) is 4.79 Å². The van der Waals surface area contributed by atoms with Crippen LogP contribution in [0.1, 0.15) is 20.8 Å². The highest BCUT2D eigenvalue weighted by molar-refractivity contribution is 5.80. The molecule has 0 aromatic rings. The third-order valence-corrected chi connectivity index (χ3v) is 2.88. The molecular formula is C10H15NO3. The second-order valence-electron chi connectivity index (χ2n) is 4.32. The summed E-state index contributed by atoms with van der Waals surface area (Å²) in [5.74, 6) is -1.03. The molecule has 78 valence electrons. The molecule has 0 heterocycles. The molecule has 14 heavy (non-hydrogen) atoms. The Morgan fingerprint density at radius 2 is 2.07 bits per heavy atom. The van der Waals surface area contributed by atoms with Gasteiger partial charge in [0.2, 0.25) is 0 Å². The lowest BCUT2D eigenvalue weighted by molar-refractivity contribution is -0.139. The van der Waals surface area contributed by atoms with E-state index in [1.807, 2.05) is 19.9 Å². The zero-order chi connectivity index (χ0) is 10.9. The van der Waals surface area contributed by atoms with Gasteiger partial charge in [-0.2, -0.15) is 0 Å². The Morgan fingerprint density at radius 1 is 1.50 bits per heavy atom. The Hall–Kier alpha value is -1.32. The summed E-state index contributed by atoms with van der Waals surface area (Å²) in [7, 11) is 0. The van der Waals surface area contributed by atoms with Crippen molar-refractivity contribution in [1.29, 1.82) is 0 Å². The minimum atomic E-state index is -0.759. The molecule has 1 fully saturated rings. The van der Waals surface area contributed by atoms with Crippen molar-refractivity contribution in [3.05, 3.63) is 11.6 Å². The fraction of sp³-hybridized carbons (Fsp3) is 0.600. The van der Waals surface area contributed by atoms with Crippen molar-refractivity contribution in [2.75, 3.05) is 0 Å². The normalized spacial score (nSPS) is 30.6. The Balaban J connectivity index is 2.75. The minimum Gasteiger partial charge on any atom is -0.481 e. The van der Waals surface area contributed by atoms with Gasteiger partial charge >= 0.3 is 5.97 Å². The maximum Gasteiger partial charge on any atom is 0.307 e. The van der Waals surface area contributed by atoms with Gasteiger partial charge < -0.3 is 10.3 Å². The number of carbonyl (C=O) groups is 1. The van der Waals surface area contributed by atoms with E-state index in [1.165, 1.54) is 6.21 Å². The van der Waals surface area contributed by atoms with Gasteiger partial charge in [-0.3, -0.25) is 4.79 Å². The summed E-state index contributed by atoms with van der Waals surface area (Å²) in [6.07, 6.45) is 3.16. The number of rotatable bonds is 3. The van der Waals surface area contributed by atoms with Crippen molar-refractivity contribution >= 4 is 12.2 Å². The van der Waals surface area contributed by atoms with Crippen molar-refractivity contribution in [2.24, 2.45) is 22.4 Å². The third-order valence-electron chi connectivity index (χ3n) is 2.88. The van der Waals surface area contributed by atoms with Crippen molar-refractivity contribution in [3.8, 4) is 0 Å². The van der Waals surface area contributed by atoms with E-state index in [0.717, 1.165) is 5.57 Å². The Kier molecular flexibility index (Phi) is 2.64. The third kappa shape index (κ3) is 1.78. The maximum absolute atomic E-state index is 10.8. The van der Waals surface area contributed by atoms with Gasteiger partial charge in [-0.1, -0.05) is 25.1 Å². The van der Waals surface area contributed by atoms with Crippen molar-refractivity contribution < 1.29 is 15.1 Å². The first kappa shape index (κ1) is 10.8. The van der Waals surface area contributed by atoms with Gasteiger partial charge in [0.1, 0.15) is 0 Å². The van der Waals surface area contributed by atoms with Crippen LogP contribution in [0.2, 0.25) is 0 Å². The van der Waals surface area contributed by atoms with Crippen molar-refractivity contribution in [3.63, 3.8) is 0 Å². The second-order valence-corrected chi connectivity index (χ2v) is 4.32. The summed E-state index contributed by atoms with van der Waals surface area (Å²) in [6.45, 7) is 5.64. The molecule has 0 spiro atoms. The monoisotopic (exact) mass is 197 g/mol. The van der Waals surface area contributed by atoms with Crippen LogP contribution in [0, 0.1) is 17.3 Å². The smallest absolute Gasteiger partial charge is 0.307 e. The van der Waals surface area contributed by atoms with Gasteiger partial charge in [-0.15, -0.1) is 0 Å². The zero-order valence-corrected chi connectivity index (χ0v) is 8.56. The molecule has 0 saturated heterocycles. The van der Waals surface area contributed by atoms with Crippen LogP contribution >= 0.6 is 0 Å². The first-order valence-corrected chi connectivity index (χ1v) is 4.50. The first-order chi connectivity index (χ1) is 6.41. The molecule has 1 aliphatic rings. The molecule has 1 aliphatic carbocycles. The Morgan fingerprint density at radius 3 is 2.43 bits per heavy atom. The lowest BCUT2D eigenvalue weighted by Gasteiger charge is -1.97. The highest BCUT2D eigenvalue weighted by atomic mass is 16.4. The van der Waals surface area contributed by atoms with Crippen LogP contribution in [0.5, 0.6) is 0 Å². The Labute approximate surface area is 82.9 Å². The van der Waals surface area contributed by atoms with Gasteiger partial charge in [0.05, 0.1) is 12.1 Å². The molecule has 0 aromatic carbocycles. The van der Waals surface area contributed by atoms with E-state index in [0.29, 0.717) is 0 Å². The summed E-state index contributed by atoms with van der Waals surface area (Å²) >= 11 is 0. The molecule has 0 bridgehead atoms. The predicted octanol–water partition coefficient (Wildman–Crippen LogP) is 1.75. The average Bonchev–Trinajstić information content (AvgIpc) is 2.53. The SMILES string of the molecule is CC(C=NO)=CC1C(C(=O)O)C1(C)C. The summed E-state index contributed by atoms with van der Waals surface area (Å²) in [4.78, 5) is 10.8. The number of hydrogen-bond acceptors (Lipinski definition) is 3. The molecule has 0 radical (unpaired) electrons. The van der Waals surface area contributed by atoms with E-state index < -0.39 is 5.97 Å². The highest BCUT2D eigenvalue weighted by Crippen LogP contribution is 2.59. The van der Waals surface area contributed by atoms with Crippen LogP contribution in [-0.4, -0.2) is 22.5 Å². The summed E-state index contributed by atoms with van der Waals surface area (Å²) in [5.41, 5.74) is 0.602. The summed E-state index contributed by atoms with van der Waals surface area (Å²) in [5, 5.41) is 20.1. The molecule has 1 rings (SSSR count). The fourth-order valence-electron chi connectivity index (χ4n) is 1.88. The van der Waals surface area contributed by atoms with Gasteiger partial charge in [-0.05, 0) is 23.8 Å². The molecule has 4 nitrogen and oxygen atoms in total. The molecule has 0 amide bonds. The lowest BCUT2D eigenvalue weighted by Crippen LogP contribution is -2.03. The number of allylic oxidation sites excluding steroid dienone is 2. The number of carboxylic acid groups (broad SMARTS) is 1. The van der Waals surface area contributed by atoms with Crippen LogP contribution in [0.15, 0.2) is 16.8 Å². The molecule has 0 aliphatic heterocycles. The van der Waals surface area contributed by atoms with Crippen LogP contribution in [0.3, 0.4) is 0 Å². The number of oxime groups is 1. The molecule has 0 aromatic heterocycles. The molecule has 2 atom stereocenters. The van der Waals surface area contributed by atoms with Crippen molar-refractivity contribution in [1.82, 2.24) is 0 Å². The largest absolute Gasteiger partial charge is 0.481 e. The number of nitrogens with zero attached hydrogens (tertiary/aromatic N) is 1. The highest BCUT2D eigenvalue weighted by Gasteiger charge is 2.60. The van der Waals surface area contributed by atoms with Crippen LogP contribution < -0.4 is 0 Å². The Bertz CT molecular complexity index is 304. The van der Waals surface area contributed by atoms with Gasteiger partial charge in [0.25, 0.3) is 0 Å². The second kappa shape index (κ2) is 3.44. The predicted molar refractivity (Wildman–Crippen MR) is 52.4 cm³/mol. The molecule has 2 N–H and O–H groups in total.